The van der Waals surface area contributed by atoms with Crippen LogP contribution in [0.4, 0.5) is 5.69 Å². The lowest BCUT2D eigenvalue weighted by Crippen LogP contribution is -2.14. The van der Waals surface area contributed by atoms with Gasteiger partial charge in [0.05, 0.1) is 18.1 Å². The molecule has 1 saturated carbocycles. The standard InChI is InChI=1S/C19H15BrN2O2/c20-18-14(5-3-8-21-18)19(23)22-17-6-2-1-4-13(17)16-10-15(16)12-7-9-24-11-12/h1-9,11,15-16H,10H2,(H,22,23). The number of halogens is 1. The van der Waals surface area contributed by atoms with Gasteiger partial charge < -0.3 is 9.73 Å². The molecule has 5 heteroatoms. The number of furan rings is 1. The molecule has 0 bridgehead atoms. The fourth-order valence-corrected chi connectivity index (χ4v) is 3.50. The minimum absolute atomic E-state index is 0.164. The number of nitrogens with one attached hydrogen (secondary N) is 1. The summed E-state index contributed by atoms with van der Waals surface area (Å²) in [5.41, 5.74) is 3.76. The maximum atomic E-state index is 12.5. The molecule has 0 spiro atoms. The number of rotatable bonds is 4. The second-order valence-corrected chi connectivity index (χ2v) is 6.64. The first kappa shape index (κ1) is 15.1. The molecule has 4 nitrogen and oxygen atoms in total. The van der Waals surface area contributed by atoms with Gasteiger partial charge in [0.1, 0.15) is 4.60 Å². The summed E-state index contributed by atoms with van der Waals surface area (Å²) in [5, 5.41) is 3.02. The molecule has 1 N–H and O–H groups in total. The zero-order valence-corrected chi connectivity index (χ0v) is 14.4. The lowest BCUT2D eigenvalue weighted by atomic mass is 10.0. The van der Waals surface area contributed by atoms with Crippen LogP contribution in [0.5, 0.6) is 0 Å². The van der Waals surface area contributed by atoms with Gasteiger partial charge in [-0.25, -0.2) is 4.98 Å². The van der Waals surface area contributed by atoms with Gasteiger partial charge in [-0.1, -0.05) is 18.2 Å². The summed E-state index contributed by atoms with van der Waals surface area (Å²) in [4.78, 5) is 16.6. The maximum Gasteiger partial charge on any atom is 0.258 e. The van der Waals surface area contributed by atoms with E-state index in [4.69, 9.17) is 4.42 Å². The Labute approximate surface area is 148 Å². The summed E-state index contributed by atoms with van der Waals surface area (Å²) in [7, 11) is 0. The highest BCUT2D eigenvalue weighted by molar-refractivity contribution is 9.10. The highest BCUT2D eigenvalue weighted by Crippen LogP contribution is 2.56. The number of hydrogen-bond donors (Lipinski definition) is 1. The van der Waals surface area contributed by atoms with Crippen molar-refractivity contribution in [3.63, 3.8) is 0 Å². The second kappa shape index (κ2) is 6.24. The minimum atomic E-state index is -0.164. The van der Waals surface area contributed by atoms with Gasteiger partial charge in [0.15, 0.2) is 0 Å². The van der Waals surface area contributed by atoms with Crippen molar-refractivity contribution in [2.24, 2.45) is 0 Å². The number of anilines is 1. The van der Waals surface area contributed by atoms with Crippen LogP contribution >= 0.6 is 15.9 Å². The number of para-hydroxylation sites is 1. The summed E-state index contributed by atoms with van der Waals surface area (Å²) < 4.78 is 5.73. The minimum Gasteiger partial charge on any atom is -0.472 e. The Kier molecular flexibility index (Phi) is 3.94. The summed E-state index contributed by atoms with van der Waals surface area (Å²) in [6, 6.07) is 13.5. The van der Waals surface area contributed by atoms with Gasteiger partial charge in [0.25, 0.3) is 5.91 Å². The van der Waals surface area contributed by atoms with Gasteiger partial charge in [-0.3, -0.25) is 4.79 Å². The predicted molar refractivity (Wildman–Crippen MR) is 95.1 cm³/mol. The third kappa shape index (κ3) is 2.87. The van der Waals surface area contributed by atoms with E-state index in [0.29, 0.717) is 22.0 Å². The maximum absolute atomic E-state index is 12.5. The van der Waals surface area contributed by atoms with E-state index in [-0.39, 0.29) is 5.91 Å². The predicted octanol–water partition coefficient (Wildman–Crippen LogP) is 4.96. The van der Waals surface area contributed by atoms with Gasteiger partial charge >= 0.3 is 0 Å². The van der Waals surface area contributed by atoms with Gasteiger partial charge in [0, 0.05) is 11.9 Å². The van der Waals surface area contributed by atoms with Gasteiger partial charge in [0.2, 0.25) is 0 Å². The van der Waals surface area contributed by atoms with Crippen molar-refractivity contribution in [3.05, 3.63) is 82.5 Å². The number of amides is 1. The van der Waals surface area contributed by atoms with Crippen LogP contribution in [0.3, 0.4) is 0 Å². The molecule has 1 fully saturated rings. The van der Waals surface area contributed by atoms with Crippen molar-refractivity contribution in [2.45, 2.75) is 18.3 Å². The Morgan fingerprint density at radius 2 is 2.04 bits per heavy atom. The van der Waals surface area contributed by atoms with E-state index in [9.17, 15) is 4.79 Å². The number of pyridine rings is 1. The van der Waals surface area contributed by atoms with Crippen molar-refractivity contribution in [3.8, 4) is 0 Å². The molecule has 4 rings (SSSR count). The fourth-order valence-electron chi connectivity index (χ4n) is 3.07. The van der Waals surface area contributed by atoms with Crippen molar-refractivity contribution >= 4 is 27.5 Å². The average molecular weight is 383 g/mol. The van der Waals surface area contributed by atoms with Crippen LogP contribution in [0, 0.1) is 0 Å². The molecule has 2 aromatic heterocycles. The number of carbonyl (C=O) groups excluding carboxylic acids is 1. The van der Waals surface area contributed by atoms with Crippen LogP contribution in [0.1, 0.15) is 39.7 Å². The highest BCUT2D eigenvalue weighted by atomic mass is 79.9. The van der Waals surface area contributed by atoms with Crippen molar-refractivity contribution < 1.29 is 9.21 Å². The first-order valence-electron chi connectivity index (χ1n) is 7.77. The molecular formula is C19H15BrN2O2. The van der Waals surface area contributed by atoms with Crippen LogP contribution in [0.15, 0.2) is 70.2 Å². The van der Waals surface area contributed by atoms with E-state index < -0.39 is 0 Å². The van der Waals surface area contributed by atoms with Crippen LogP contribution in [0.2, 0.25) is 0 Å². The first-order chi connectivity index (χ1) is 11.7. The van der Waals surface area contributed by atoms with E-state index >= 15 is 0 Å². The number of hydrogen-bond acceptors (Lipinski definition) is 3. The molecule has 120 valence electrons. The molecule has 1 amide bonds. The SMILES string of the molecule is O=C(Nc1ccccc1C1CC1c1ccoc1)c1cccnc1Br. The zero-order chi connectivity index (χ0) is 16.5. The second-order valence-electron chi connectivity index (χ2n) is 5.89. The molecule has 0 saturated heterocycles. The molecule has 2 unspecified atom stereocenters. The Morgan fingerprint density at radius 3 is 2.83 bits per heavy atom. The largest absolute Gasteiger partial charge is 0.472 e. The lowest BCUT2D eigenvalue weighted by molar-refractivity contribution is 0.102. The summed E-state index contributed by atoms with van der Waals surface area (Å²) in [6.07, 6.45) is 6.23. The summed E-state index contributed by atoms with van der Waals surface area (Å²) in [5.74, 6) is 0.714. The Bertz CT molecular complexity index is 877. The molecule has 2 heterocycles. The average Bonchev–Trinajstić information content (AvgIpc) is 3.20. The zero-order valence-electron chi connectivity index (χ0n) is 12.8. The third-order valence-electron chi connectivity index (χ3n) is 4.37. The first-order valence-corrected chi connectivity index (χ1v) is 8.56. The van der Waals surface area contributed by atoms with E-state index in [1.54, 1.807) is 30.9 Å². The van der Waals surface area contributed by atoms with Crippen LogP contribution in [-0.4, -0.2) is 10.9 Å². The monoisotopic (exact) mass is 382 g/mol. The van der Waals surface area contributed by atoms with E-state index in [2.05, 4.69) is 32.3 Å². The molecule has 24 heavy (non-hydrogen) atoms. The van der Waals surface area contributed by atoms with Crippen LogP contribution < -0.4 is 5.32 Å². The molecule has 3 aromatic rings. The smallest absolute Gasteiger partial charge is 0.258 e. The molecule has 0 aliphatic heterocycles. The van der Waals surface area contributed by atoms with Crippen molar-refractivity contribution in [2.75, 3.05) is 5.32 Å². The third-order valence-corrected chi connectivity index (χ3v) is 5.01. The lowest BCUT2D eigenvalue weighted by Gasteiger charge is -2.11. The topological polar surface area (TPSA) is 55.1 Å². The molecule has 1 aromatic carbocycles. The van der Waals surface area contributed by atoms with Crippen LogP contribution in [0.25, 0.3) is 0 Å². The van der Waals surface area contributed by atoms with E-state index in [1.807, 2.05) is 24.3 Å². The van der Waals surface area contributed by atoms with E-state index in [1.165, 1.54) is 5.56 Å². The highest BCUT2D eigenvalue weighted by Gasteiger charge is 2.41. The van der Waals surface area contributed by atoms with Crippen molar-refractivity contribution in [1.29, 1.82) is 0 Å². The molecule has 1 aliphatic rings. The molecule has 0 radical (unpaired) electrons. The number of carbonyl (C=O) groups is 1. The number of nitrogens with zero attached hydrogens (tertiary/aromatic N) is 1. The molecule has 1 aliphatic carbocycles. The summed E-state index contributed by atoms with van der Waals surface area (Å²) in [6.45, 7) is 0. The van der Waals surface area contributed by atoms with Gasteiger partial charge in [-0.15, -0.1) is 0 Å². The normalized spacial score (nSPS) is 19.0. The van der Waals surface area contributed by atoms with Crippen LogP contribution in [-0.2, 0) is 0 Å². The number of aromatic nitrogens is 1. The Hall–Kier alpha value is -2.40. The molecule has 2 atom stereocenters. The van der Waals surface area contributed by atoms with Gasteiger partial charge in [-0.2, -0.15) is 0 Å². The van der Waals surface area contributed by atoms with Crippen molar-refractivity contribution in [1.82, 2.24) is 4.98 Å². The molecular weight excluding hydrogens is 368 g/mol. The number of benzene rings is 1. The van der Waals surface area contributed by atoms with Gasteiger partial charge in [-0.05, 0) is 69.6 Å². The Morgan fingerprint density at radius 1 is 1.17 bits per heavy atom. The quantitative estimate of drug-likeness (QED) is 0.648. The fraction of sp³-hybridized carbons (Fsp3) is 0.158. The Balaban J connectivity index is 1.57. The summed E-state index contributed by atoms with van der Waals surface area (Å²) >= 11 is 3.32. The van der Waals surface area contributed by atoms with E-state index in [0.717, 1.165) is 17.7 Å².